The molecule has 3 fully saturated rings. The van der Waals surface area contributed by atoms with Crippen molar-refractivity contribution < 1.29 is 29.6 Å². The monoisotopic (exact) mass is 405 g/mol. The predicted molar refractivity (Wildman–Crippen MR) is 103 cm³/mol. The number of aliphatic hydroxyl groups excluding tert-OH is 2. The fourth-order valence-electron chi connectivity index (χ4n) is 6.08. The SMILES string of the molecule is C[C@@H]1CC[C@@H]2[C@H](C=C[C@@H]([C@H]3[C@H](C)[O+]3[O-])[C@@]2(C)/C(O)=C2\C(=O)[C@H](CO)N(C)C2=O)C1. The minimum Gasteiger partial charge on any atom is -0.533 e. The number of Topliss-reactive ketones (excluding diaryl/α,β-unsaturated/α-hetero) is 1. The average molecular weight is 405 g/mol. The molecule has 4 rings (SSSR count). The lowest BCUT2D eigenvalue weighted by molar-refractivity contribution is -0.744. The molecule has 0 aromatic carbocycles. The predicted octanol–water partition coefficient (Wildman–Crippen LogP) is 1.04. The largest absolute Gasteiger partial charge is 0.533 e. The maximum Gasteiger partial charge on any atom is 0.261 e. The van der Waals surface area contributed by atoms with E-state index in [1.807, 2.05) is 24.4 Å². The fourth-order valence-corrected chi connectivity index (χ4v) is 6.08. The Balaban J connectivity index is 1.83. The van der Waals surface area contributed by atoms with Crippen LogP contribution in [0, 0.1) is 29.1 Å². The van der Waals surface area contributed by atoms with Gasteiger partial charge >= 0.3 is 0 Å². The molecule has 0 radical (unpaired) electrons. The van der Waals surface area contributed by atoms with Crippen LogP contribution in [0.2, 0.25) is 0 Å². The van der Waals surface area contributed by atoms with Crippen LogP contribution < -0.4 is 5.26 Å². The molecule has 0 aromatic rings. The van der Waals surface area contributed by atoms with Crippen molar-refractivity contribution in [2.24, 2.45) is 29.1 Å². The number of likely N-dealkylation sites (tertiary alicyclic amines) is 1. The maximum atomic E-state index is 12.9. The molecule has 0 aromatic heterocycles. The van der Waals surface area contributed by atoms with E-state index in [4.69, 9.17) is 0 Å². The number of amides is 1. The molecule has 29 heavy (non-hydrogen) atoms. The molecule has 0 bridgehead atoms. The standard InChI is InChI=1S/C22H31NO6/c1-11-5-7-14-13(9-11)6-8-15(19-12(2)29(19)28)22(14,3)20(26)17-18(25)16(10-24)23(4)21(17)27/h6,8,11-16,19,24,26H,5,7,9-10H2,1-4H3/b20-17-/t11-,12+,13-,14-,15+,16+,19-,22+/m1/s1. The lowest BCUT2D eigenvalue weighted by Crippen LogP contribution is -2.48. The van der Waals surface area contributed by atoms with E-state index in [0.717, 1.165) is 19.3 Å². The van der Waals surface area contributed by atoms with Gasteiger partial charge in [-0.3, -0.25) is 9.59 Å². The number of epoxide rings is 1. The van der Waals surface area contributed by atoms with Crippen LogP contribution in [-0.4, -0.2) is 58.7 Å². The molecular formula is C22H31NO6. The van der Waals surface area contributed by atoms with Crippen molar-refractivity contribution in [3.63, 3.8) is 0 Å². The van der Waals surface area contributed by atoms with Gasteiger partial charge in [-0.2, -0.15) is 0 Å². The highest BCUT2D eigenvalue weighted by Crippen LogP contribution is 2.59. The molecule has 7 heteroatoms. The van der Waals surface area contributed by atoms with Gasteiger partial charge in [0.15, 0.2) is 5.78 Å². The second-order valence-electron chi connectivity index (χ2n) is 9.58. The molecule has 7 nitrogen and oxygen atoms in total. The average Bonchev–Trinajstić information content (AvgIpc) is 3.19. The van der Waals surface area contributed by atoms with Gasteiger partial charge in [0.2, 0.25) is 12.2 Å². The van der Waals surface area contributed by atoms with Gasteiger partial charge in [0.1, 0.15) is 17.4 Å². The molecule has 160 valence electrons. The molecule has 2 saturated heterocycles. The Morgan fingerprint density at radius 3 is 2.52 bits per heavy atom. The maximum absolute atomic E-state index is 12.9. The molecule has 2 heterocycles. The van der Waals surface area contributed by atoms with E-state index >= 15 is 0 Å². The highest BCUT2D eigenvalue weighted by atomic mass is 17.3. The molecule has 2 aliphatic carbocycles. The molecule has 0 spiro atoms. The minimum absolute atomic E-state index is 0.0436. The highest BCUT2D eigenvalue weighted by molar-refractivity contribution is 6.26. The number of ketones is 1. The first-order valence-electron chi connectivity index (χ1n) is 10.6. The summed E-state index contributed by atoms with van der Waals surface area (Å²) >= 11 is 0. The second-order valence-corrected chi connectivity index (χ2v) is 9.58. The zero-order chi connectivity index (χ0) is 21.2. The Labute approximate surface area is 171 Å². The summed E-state index contributed by atoms with van der Waals surface area (Å²) < 4.78 is 1.90. The van der Waals surface area contributed by atoms with E-state index in [-0.39, 0.29) is 41.3 Å². The van der Waals surface area contributed by atoms with E-state index in [2.05, 4.69) is 13.0 Å². The third-order valence-corrected chi connectivity index (χ3v) is 8.04. The quantitative estimate of drug-likeness (QED) is 0.139. The van der Waals surface area contributed by atoms with Crippen LogP contribution in [0.1, 0.15) is 40.0 Å². The van der Waals surface area contributed by atoms with Crippen molar-refractivity contribution >= 4 is 11.7 Å². The van der Waals surface area contributed by atoms with E-state index in [1.165, 1.54) is 11.9 Å². The molecule has 1 amide bonds. The Hall–Kier alpha value is -1.70. The van der Waals surface area contributed by atoms with Gasteiger partial charge < -0.3 is 24.9 Å². The van der Waals surface area contributed by atoms with E-state index < -0.39 is 29.8 Å². The number of hydrogen-bond acceptors (Lipinski definition) is 5. The van der Waals surface area contributed by atoms with Crippen LogP contribution in [-0.2, 0) is 14.1 Å². The smallest absolute Gasteiger partial charge is 0.261 e. The number of fused-ring (bicyclic) bond motifs is 1. The number of likely N-dealkylation sites (N-methyl/N-ethyl adjacent to an activating group) is 1. The summed E-state index contributed by atoms with van der Waals surface area (Å²) in [5, 5.41) is 33.2. The van der Waals surface area contributed by atoms with Gasteiger partial charge in [0.25, 0.3) is 5.91 Å². The summed E-state index contributed by atoms with van der Waals surface area (Å²) in [4.78, 5) is 26.9. The Kier molecular flexibility index (Phi) is 4.91. The van der Waals surface area contributed by atoms with E-state index in [1.54, 1.807) is 0 Å². The topological polar surface area (TPSA) is 104 Å². The van der Waals surface area contributed by atoms with Gasteiger partial charge in [0, 0.05) is 19.4 Å². The van der Waals surface area contributed by atoms with Gasteiger partial charge in [-0.1, -0.05) is 32.4 Å². The Bertz CT molecular complexity index is 782. The number of allylic oxidation sites excluding steroid dienone is 2. The Morgan fingerprint density at radius 2 is 1.97 bits per heavy atom. The number of carbonyl (C=O) groups is 2. The molecule has 1 saturated carbocycles. The zero-order valence-corrected chi connectivity index (χ0v) is 17.5. The van der Waals surface area contributed by atoms with Crippen molar-refractivity contribution in [2.75, 3.05) is 13.7 Å². The van der Waals surface area contributed by atoms with Crippen LogP contribution in [0.4, 0.5) is 0 Å². The molecule has 0 unspecified atom stereocenters. The molecule has 8 atom stereocenters. The summed E-state index contributed by atoms with van der Waals surface area (Å²) in [6.45, 7) is 5.47. The summed E-state index contributed by atoms with van der Waals surface area (Å²) in [6, 6.07) is -0.965. The third kappa shape index (κ3) is 2.81. The van der Waals surface area contributed by atoms with Gasteiger partial charge in [-0.15, -0.1) is 0 Å². The molecular weight excluding hydrogens is 374 g/mol. The van der Waals surface area contributed by atoms with Crippen molar-refractivity contribution in [3.8, 4) is 0 Å². The van der Waals surface area contributed by atoms with Gasteiger partial charge in [-0.05, 0) is 30.6 Å². The van der Waals surface area contributed by atoms with Crippen LogP contribution in [0.25, 0.3) is 0 Å². The van der Waals surface area contributed by atoms with Gasteiger partial charge in [0.05, 0.1) is 12.5 Å². The van der Waals surface area contributed by atoms with Crippen molar-refractivity contribution in [3.05, 3.63) is 23.5 Å². The molecule has 2 aliphatic heterocycles. The van der Waals surface area contributed by atoms with Crippen LogP contribution in [0.5, 0.6) is 0 Å². The van der Waals surface area contributed by atoms with Crippen molar-refractivity contribution in [1.29, 1.82) is 0 Å². The first-order chi connectivity index (χ1) is 13.6. The number of nitrogens with zero attached hydrogens (tertiary/aromatic N) is 1. The van der Waals surface area contributed by atoms with Gasteiger partial charge in [-0.25, -0.2) is 0 Å². The van der Waals surface area contributed by atoms with E-state index in [9.17, 15) is 25.1 Å². The first kappa shape index (κ1) is 20.6. The lowest BCUT2D eigenvalue weighted by atomic mass is 9.53. The fraction of sp³-hybridized carbons (Fsp3) is 0.727. The summed E-state index contributed by atoms with van der Waals surface area (Å²) in [6.07, 6.45) is 6.47. The molecule has 2 N–H and O–H groups in total. The lowest BCUT2D eigenvalue weighted by Gasteiger charge is -2.50. The summed E-state index contributed by atoms with van der Waals surface area (Å²) in [7, 11) is 1.46. The minimum atomic E-state index is -0.965. The number of aliphatic hydroxyl groups is 2. The third-order valence-electron chi connectivity index (χ3n) is 8.04. The summed E-state index contributed by atoms with van der Waals surface area (Å²) in [5.74, 6) is -0.757. The number of carbonyl (C=O) groups excluding carboxylic acids is 2. The number of rotatable bonds is 3. The summed E-state index contributed by atoms with van der Waals surface area (Å²) in [5.41, 5.74) is -1.11. The van der Waals surface area contributed by atoms with Crippen molar-refractivity contribution in [1.82, 2.24) is 4.90 Å². The first-order valence-corrected chi connectivity index (χ1v) is 10.6. The number of hydrogen-bond donors (Lipinski definition) is 2. The second kappa shape index (κ2) is 6.93. The van der Waals surface area contributed by atoms with Crippen LogP contribution in [0.3, 0.4) is 0 Å². The van der Waals surface area contributed by atoms with Crippen LogP contribution >= 0.6 is 0 Å². The van der Waals surface area contributed by atoms with E-state index in [0.29, 0.717) is 5.92 Å². The molecule has 4 aliphatic rings. The zero-order valence-electron chi connectivity index (χ0n) is 17.5. The van der Waals surface area contributed by atoms with Crippen LogP contribution in [0.15, 0.2) is 23.5 Å². The highest BCUT2D eigenvalue weighted by Gasteiger charge is 2.65. The normalized spacial score (nSPS) is 46.8. The Morgan fingerprint density at radius 1 is 1.31 bits per heavy atom. The van der Waals surface area contributed by atoms with Crippen molar-refractivity contribution in [2.45, 2.75) is 58.3 Å².